The van der Waals surface area contributed by atoms with Gasteiger partial charge in [-0.05, 0) is 58.5 Å². The zero-order chi connectivity index (χ0) is 25.8. The van der Waals surface area contributed by atoms with Crippen LogP contribution in [0.2, 0.25) is 0 Å². The molecule has 0 saturated carbocycles. The van der Waals surface area contributed by atoms with Crippen LogP contribution in [0.1, 0.15) is 17.5 Å². The van der Waals surface area contributed by atoms with Crippen molar-refractivity contribution in [2.45, 2.75) is 6.42 Å². The lowest BCUT2D eigenvalue weighted by Gasteiger charge is -2.20. The molecule has 0 fully saturated rings. The Morgan fingerprint density at radius 1 is 0.714 bits per heavy atom. The minimum Gasteiger partial charge on any atom is -0.262 e. The van der Waals surface area contributed by atoms with Gasteiger partial charge in [0.15, 0.2) is 0 Å². The van der Waals surface area contributed by atoms with E-state index < -0.39 is 20.0 Å². The van der Waals surface area contributed by atoms with Crippen molar-refractivity contribution in [3.8, 4) is 0 Å². The van der Waals surface area contributed by atoms with Crippen molar-refractivity contribution in [2.24, 2.45) is 0 Å². The molecule has 0 saturated heterocycles. The van der Waals surface area contributed by atoms with Gasteiger partial charge in [0.1, 0.15) is 0 Å². The van der Waals surface area contributed by atoms with Crippen LogP contribution in [0.3, 0.4) is 0 Å². The number of nitrogens with zero attached hydrogens (tertiary/aromatic N) is 2. The third kappa shape index (κ3) is 6.49. The lowest BCUT2D eigenvalue weighted by molar-refractivity contribution is 0.217. The minimum atomic E-state index is -3.56. The van der Waals surface area contributed by atoms with Gasteiger partial charge in [0.25, 0.3) is 20.0 Å². The number of hydrogen-bond donors (Lipinski definition) is 0. The Hall–Kier alpha value is -3.18. The van der Waals surface area contributed by atoms with Gasteiger partial charge < -0.3 is 0 Å². The third-order valence-electron chi connectivity index (χ3n) is 5.22. The van der Waals surface area contributed by atoms with E-state index in [9.17, 15) is 16.8 Å². The van der Waals surface area contributed by atoms with Crippen LogP contribution >= 0.6 is 0 Å². The zero-order valence-corrected chi connectivity index (χ0v) is 21.6. The topological polar surface area (TPSA) is 93.2 Å². The first-order chi connectivity index (χ1) is 16.4. The maximum atomic E-state index is 11.7. The first kappa shape index (κ1) is 26.4. The Morgan fingerprint density at radius 3 is 1.26 bits per heavy atom. The van der Waals surface area contributed by atoms with Crippen molar-refractivity contribution < 1.29 is 26.5 Å². The van der Waals surface area contributed by atoms with Crippen molar-refractivity contribution in [1.82, 2.24) is 0 Å². The number of hydrogen-bond acceptors (Lipinski definition) is 6. The molecule has 0 unspecified atom stereocenters. The molecule has 2 aliphatic rings. The Kier molecular flexibility index (Phi) is 8.01. The molecular formula is C25H28N2O6S2. The molecule has 2 aromatic carbocycles. The number of benzene rings is 2. The number of allylic oxidation sites excluding steroid dienone is 6. The van der Waals surface area contributed by atoms with E-state index >= 15 is 0 Å². The molecule has 0 atom stereocenters. The average molecular weight is 517 g/mol. The summed E-state index contributed by atoms with van der Waals surface area (Å²) >= 11 is 0. The molecule has 186 valence electrons. The summed E-state index contributed by atoms with van der Waals surface area (Å²) in [7, 11) is -4.57. The van der Waals surface area contributed by atoms with E-state index in [1.54, 1.807) is 48.5 Å². The van der Waals surface area contributed by atoms with Gasteiger partial charge in [-0.3, -0.25) is 9.68 Å². The Morgan fingerprint density at radius 2 is 1.06 bits per heavy atom. The molecule has 0 heterocycles. The highest BCUT2D eigenvalue weighted by atomic mass is 32.2. The van der Waals surface area contributed by atoms with Crippen LogP contribution in [0, 0.1) is 0 Å². The molecule has 0 radical (unpaired) electrons. The first-order valence-corrected chi connectivity index (χ1v) is 14.2. The highest BCUT2D eigenvalue weighted by molar-refractivity contribution is 7.92. The third-order valence-corrected chi connectivity index (χ3v) is 7.14. The van der Waals surface area contributed by atoms with E-state index in [-0.39, 0.29) is 0 Å². The highest BCUT2D eigenvalue weighted by Gasteiger charge is 2.18. The fourth-order valence-corrected chi connectivity index (χ4v) is 5.16. The van der Waals surface area contributed by atoms with Gasteiger partial charge in [0.2, 0.25) is 0 Å². The van der Waals surface area contributed by atoms with Crippen LogP contribution in [0.4, 0.5) is 11.4 Å². The van der Waals surface area contributed by atoms with E-state index in [2.05, 4.69) is 30.9 Å². The Balaban J connectivity index is 0.000000410. The molecule has 0 spiro atoms. The first-order valence-electron chi connectivity index (χ1n) is 10.5. The molecule has 4 rings (SSSR count). The van der Waals surface area contributed by atoms with Crippen LogP contribution in [0.15, 0.2) is 90.6 Å². The second-order valence-electron chi connectivity index (χ2n) is 7.91. The van der Waals surface area contributed by atoms with Crippen molar-refractivity contribution in [3.05, 3.63) is 102 Å². The van der Waals surface area contributed by atoms with Gasteiger partial charge in [-0.2, -0.15) is 0 Å². The molecule has 2 aromatic rings. The standard InChI is InChI=1S/C18H22N2O6S2.C7H6/c1-14(15-6-10-17(11-7-15)19(25-2)27(4,21)22)16-8-12-18(13-9-16)20(26-3)28(5,23)24;1-2-7-4-3-6(1)5-7/h6-13H,1H2,2-5H3;1-4H,5H2. The summed E-state index contributed by atoms with van der Waals surface area (Å²) in [6, 6.07) is 13.3. The number of fused-ring (bicyclic) bond motifs is 2. The Bertz CT molecular complexity index is 1280. The van der Waals surface area contributed by atoms with Gasteiger partial charge in [0, 0.05) is 0 Å². The molecule has 2 bridgehead atoms. The van der Waals surface area contributed by atoms with Gasteiger partial charge in [0.05, 0.1) is 38.1 Å². The van der Waals surface area contributed by atoms with E-state index in [0.717, 1.165) is 32.6 Å². The smallest absolute Gasteiger partial charge is 0.254 e. The molecule has 0 amide bonds. The lowest BCUT2D eigenvalue weighted by Crippen LogP contribution is -2.28. The van der Waals surface area contributed by atoms with Gasteiger partial charge >= 0.3 is 0 Å². The SMILES string of the molecule is C1=CC2=CC=C1C2.C=C(c1ccc(N(OC)S(C)(=O)=O)cc1)c1ccc(N(OC)S(C)(=O)=O)cc1. The van der Waals surface area contributed by atoms with Gasteiger partial charge in [-0.15, -0.1) is 8.94 Å². The quantitative estimate of drug-likeness (QED) is 0.488. The predicted molar refractivity (Wildman–Crippen MR) is 140 cm³/mol. The van der Waals surface area contributed by atoms with Crippen LogP contribution in [0.5, 0.6) is 0 Å². The molecule has 0 N–H and O–H groups in total. The van der Waals surface area contributed by atoms with Crippen molar-refractivity contribution in [3.63, 3.8) is 0 Å². The minimum absolute atomic E-state index is 0.362. The van der Waals surface area contributed by atoms with Gasteiger partial charge in [-0.1, -0.05) is 55.1 Å². The molecule has 2 aliphatic carbocycles. The summed E-state index contributed by atoms with van der Waals surface area (Å²) in [4.78, 5) is 9.83. The highest BCUT2D eigenvalue weighted by Crippen LogP contribution is 2.28. The maximum Gasteiger partial charge on any atom is 0.254 e. The van der Waals surface area contributed by atoms with E-state index in [0.29, 0.717) is 16.9 Å². The summed E-state index contributed by atoms with van der Waals surface area (Å²) in [5.41, 5.74) is 5.89. The molecule has 10 heteroatoms. The molecular weight excluding hydrogens is 488 g/mol. The molecule has 35 heavy (non-hydrogen) atoms. The monoisotopic (exact) mass is 516 g/mol. The number of rotatable bonds is 8. The second kappa shape index (κ2) is 10.6. The van der Waals surface area contributed by atoms with Crippen LogP contribution in [-0.2, 0) is 29.7 Å². The summed E-state index contributed by atoms with van der Waals surface area (Å²) in [5, 5.41) is 0. The molecule has 0 aliphatic heterocycles. The fraction of sp³-hybridized carbons (Fsp3) is 0.200. The van der Waals surface area contributed by atoms with Gasteiger partial charge in [-0.25, -0.2) is 16.8 Å². The van der Waals surface area contributed by atoms with Crippen molar-refractivity contribution in [2.75, 3.05) is 35.7 Å². The lowest BCUT2D eigenvalue weighted by atomic mass is 9.99. The Labute approximate surface area is 207 Å². The van der Waals surface area contributed by atoms with Crippen molar-refractivity contribution in [1.29, 1.82) is 0 Å². The number of anilines is 2. The van der Waals surface area contributed by atoms with Crippen LogP contribution in [-0.4, -0.2) is 43.6 Å². The van der Waals surface area contributed by atoms with Crippen molar-refractivity contribution >= 4 is 37.0 Å². The number of sulfonamides is 2. The van der Waals surface area contributed by atoms with E-state index in [1.807, 2.05) is 0 Å². The predicted octanol–water partition coefficient (Wildman–Crippen LogP) is 4.22. The van der Waals surface area contributed by atoms with E-state index in [1.165, 1.54) is 31.8 Å². The summed E-state index contributed by atoms with van der Waals surface area (Å²) in [6.07, 6.45) is 12.0. The second-order valence-corrected chi connectivity index (χ2v) is 11.5. The van der Waals surface area contributed by atoms with Crippen LogP contribution < -0.4 is 8.94 Å². The summed E-state index contributed by atoms with van der Waals surface area (Å²) < 4.78 is 48.5. The van der Waals surface area contributed by atoms with E-state index in [4.69, 9.17) is 9.68 Å². The molecule has 0 aromatic heterocycles. The maximum absolute atomic E-state index is 11.7. The largest absolute Gasteiger partial charge is 0.262 e. The normalized spacial score (nSPS) is 14.1. The average Bonchev–Trinajstić information content (AvgIpc) is 3.45. The van der Waals surface area contributed by atoms with Crippen LogP contribution in [0.25, 0.3) is 5.57 Å². The molecule has 8 nitrogen and oxygen atoms in total. The summed E-state index contributed by atoms with van der Waals surface area (Å²) in [5.74, 6) is 0. The summed E-state index contributed by atoms with van der Waals surface area (Å²) in [6.45, 7) is 4.06. The fourth-order valence-electron chi connectivity index (χ4n) is 3.61. The zero-order valence-electron chi connectivity index (χ0n) is 20.0.